The van der Waals surface area contributed by atoms with Gasteiger partial charge in [0.1, 0.15) is 17.3 Å². The summed E-state index contributed by atoms with van der Waals surface area (Å²) in [5.41, 5.74) is 0.0177. The zero-order valence-corrected chi connectivity index (χ0v) is 18.0. The van der Waals surface area contributed by atoms with E-state index in [-0.39, 0.29) is 21.8 Å². The van der Waals surface area contributed by atoms with Crippen LogP contribution in [0, 0.1) is 5.82 Å². The largest absolute Gasteiger partial charge is 0.336 e. The Morgan fingerprint density at radius 3 is 2.38 bits per heavy atom. The van der Waals surface area contributed by atoms with Crippen LogP contribution >= 0.6 is 11.6 Å². The summed E-state index contributed by atoms with van der Waals surface area (Å²) in [4.78, 5) is 25.2. The van der Waals surface area contributed by atoms with Crippen molar-refractivity contribution in [3.05, 3.63) is 100 Å². The quantitative estimate of drug-likeness (QED) is 0.472. The van der Waals surface area contributed by atoms with Crippen LogP contribution < -0.4 is 10.7 Å². The van der Waals surface area contributed by atoms with Gasteiger partial charge in [0.2, 0.25) is 21.2 Å². The number of hydrogen-bond acceptors (Lipinski definition) is 4. The number of anilines is 1. The van der Waals surface area contributed by atoms with Gasteiger partial charge in [-0.1, -0.05) is 29.8 Å². The molecule has 0 unspecified atom stereocenters. The number of carbonyl (C=O) groups excluding carboxylic acids is 1. The lowest BCUT2D eigenvalue weighted by atomic mass is 10.2. The van der Waals surface area contributed by atoms with Crippen LogP contribution in [0.1, 0.15) is 0 Å². The third kappa shape index (κ3) is 4.28. The van der Waals surface area contributed by atoms with Gasteiger partial charge in [0, 0.05) is 22.3 Å². The molecule has 0 atom stereocenters. The third-order valence-corrected chi connectivity index (χ3v) is 6.79. The van der Waals surface area contributed by atoms with Crippen LogP contribution in [-0.4, -0.2) is 18.9 Å². The highest BCUT2D eigenvalue weighted by molar-refractivity contribution is 7.91. The van der Waals surface area contributed by atoms with Gasteiger partial charge in [0.15, 0.2) is 0 Å². The molecule has 1 aromatic heterocycles. The Labute approximate surface area is 187 Å². The van der Waals surface area contributed by atoms with E-state index >= 15 is 0 Å². The molecule has 9 heteroatoms. The van der Waals surface area contributed by atoms with Crippen molar-refractivity contribution in [3.63, 3.8) is 0 Å². The molecule has 0 spiro atoms. The third-order valence-electron chi connectivity index (χ3n) is 4.79. The van der Waals surface area contributed by atoms with Gasteiger partial charge < -0.3 is 9.88 Å². The molecule has 0 radical (unpaired) electrons. The van der Waals surface area contributed by atoms with Crippen LogP contribution in [0.5, 0.6) is 0 Å². The minimum atomic E-state index is -4.15. The predicted octanol–water partition coefficient (Wildman–Crippen LogP) is 4.27. The molecule has 32 heavy (non-hydrogen) atoms. The lowest BCUT2D eigenvalue weighted by Gasteiger charge is -2.14. The van der Waals surface area contributed by atoms with Crippen molar-refractivity contribution >= 4 is 43.9 Å². The number of amides is 1. The smallest absolute Gasteiger partial charge is 0.244 e. The van der Waals surface area contributed by atoms with E-state index < -0.39 is 31.9 Å². The number of rotatable bonds is 5. The lowest BCUT2D eigenvalue weighted by Crippen LogP contribution is -2.24. The maximum atomic E-state index is 13.2. The number of nitrogens with one attached hydrogen (secondary N) is 1. The van der Waals surface area contributed by atoms with Crippen molar-refractivity contribution in [2.75, 3.05) is 5.32 Å². The molecular weight excluding hydrogens is 455 g/mol. The maximum absolute atomic E-state index is 13.2. The fourth-order valence-corrected chi connectivity index (χ4v) is 4.84. The molecule has 6 nitrogen and oxygen atoms in total. The van der Waals surface area contributed by atoms with Crippen LogP contribution in [0.4, 0.5) is 10.1 Å². The normalized spacial score (nSPS) is 11.4. The summed E-state index contributed by atoms with van der Waals surface area (Å²) in [6.45, 7) is -0.285. The summed E-state index contributed by atoms with van der Waals surface area (Å²) in [7, 11) is -4.15. The zero-order valence-electron chi connectivity index (χ0n) is 16.5. The van der Waals surface area contributed by atoms with E-state index in [9.17, 15) is 22.4 Å². The Hall–Kier alpha value is -3.49. The first kappa shape index (κ1) is 21.7. The van der Waals surface area contributed by atoms with E-state index in [1.807, 2.05) is 0 Å². The summed E-state index contributed by atoms with van der Waals surface area (Å²) < 4.78 is 40.8. The number of halogens is 2. The Balaban J connectivity index is 1.81. The van der Waals surface area contributed by atoms with Crippen LogP contribution in [0.3, 0.4) is 0 Å². The van der Waals surface area contributed by atoms with Crippen LogP contribution in [0.15, 0.2) is 93.6 Å². The second-order valence-electron chi connectivity index (χ2n) is 6.98. The Kier molecular flexibility index (Phi) is 5.82. The molecule has 0 bridgehead atoms. The lowest BCUT2D eigenvalue weighted by molar-refractivity contribution is -0.116. The molecule has 162 valence electrons. The molecule has 0 saturated carbocycles. The highest BCUT2D eigenvalue weighted by atomic mass is 35.5. The first-order chi connectivity index (χ1) is 15.3. The van der Waals surface area contributed by atoms with Gasteiger partial charge in [-0.15, -0.1) is 0 Å². The summed E-state index contributed by atoms with van der Waals surface area (Å²) in [6, 6.07) is 17.2. The predicted molar refractivity (Wildman–Crippen MR) is 120 cm³/mol. The summed E-state index contributed by atoms with van der Waals surface area (Å²) in [5, 5.41) is 2.95. The Morgan fingerprint density at radius 1 is 1.00 bits per heavy atom. The van der Waals surface area contributed by atoms with E-state index in [0.29, 0.717) is 11.2 Å². The Morgan fingerprint density at radius 2 is 1.69 bits per heavy atom. The molecule has 1 amide bonds. The summed E-state index contributed by atoms with van der Waals surface area (Å²) in [5.74, 6) is -0.929. The van der Waals surface area contributed by atoms with Crippen LogP contribution in [0.25, 0.3) is 10.9 Å². The van der Waals surface area contributed by atoms with Crippen molar-refractivity contribution in [2.24, 2.45) is 0 Å². The average molecular weight is 471 g/mol. The van der Waals surface area contributed by atoms with E-state index in [0.717, 1.165) is 6.20 Å². The number of benzene rings is 3. The van der Waals surface area contributed by atoms with Crippen LogP contribution in [0.2, 0.25) is 5.02 Å². The molecule has 3 aromatic carbocycles. The number of nitrogens with zero attached hydrogens (tertiary/aromatic N) is 1. The van der Waals surface area contributed by atoms with Crippen molar-refractivity contribution < 1.29 is 17.6 Å². The maximum Gasteiger partial charge on any atom is 0.244 e. The monoisotopic (exact) mass is 470 g/mol. The number of sulfone groups is 1. The van der Waals surface area contributed by atoms with Gasteiger partial charge >= 0.3 is 0 Å². The topological polar surface area (TPSA) is 85.2 Å². The van der Waals surface area contributed by atoms with E-state index in [2.05, 4.69) is 5.32 Å². The van der Waals surface area contributed by atoms with Gasteiger partial charge in [0.25, 0.3) is 0 Å². The van der Waals surface area contributed by atoms with Crippen LogP contribution in [-0.2, 0) is 21.2 Å². The van der Waals surface area contributed by atoms with E-state index in [1.165, 1.54) is 47.0 Å². The second-order valence-corrected chi connectivity index (χ2v) is 9.34. The average Bonchev–Trinajstić information content (AvgIpc) is 2.77. The number of fused-ring (bicyclic) bond motifs is 1. The van der Waals surface area contributed by atoms with Crippen molar-refractivity contribution in [2.45, 2.75) is 16.3 Å². The van der Waals surface area contributed by atoms with Crippen molar-refractivity contribution in [3.8, 4) is 0 Å². The number of carbonyl (C=O) groups is 1. The second kappa shape index (κ2) is 8.57. The molecule has 1 heterocycles. The van der Waals surface area contributed by atoms with Crippen molar-refractivity contribution in [1.29, 1.82) is 0 Å². The molecule has 0 saturated heterocycles. The zero-order chi connectivity index (χ0) is 22.9. The van der Waals surface area contributed by atoms with Gasteiger partial charge in [-0.2, -0.15) is 0 Å². The molecule has 0 aliphatic carbocycles. The SMILES string of the molecule is O=C(Cn1cc(S(=O)(=O)c2ccccc2)c(=O)c2cc(Cl)ccc21)Nc1ccc(F)cc1. The van der Waals surface area contributed by atoms with Gasteiger partial charge in [-0.25, -0.2) is 12.8 Å². The molecule has 4 aromatic rings. The minimum Gasteiger partial charge on any atom is -0.336 e. The molecule has 0 aliphatic heterocycles. The standard InChI is InChI=1S/C23H16ClFN2O4S/c24-15-6-11-20-19(12-15)23(29)21(32(30,31)18-4-2-1-3-5-18)13-27(20)14-22(28)26-17-9-7-16(25)8-10-17/h1-13H,14H2,(H,26,28). The molecule has 1 N–H and O–H groups in total. The molecule has 0 fully saturated rings. The Bertz CT molecular complexity index is 1480. The highest BCUT2D eigenvalue weighted by Gasteiger charge is 2.24. The molecule has 0 aliphatic rings. The molecule has 4 rings (SSSR count). The van der Waals surface area contributed by atoms with E-state index in [1.54, 1.807) is 30.3 Å². The number of aromatic nitrogens is 1. The summed E-state index contributed by atoms with van der Waals surface area (Å²) >= 11 is 6.04. The van der Waals surface area contributed by atoms with Gasteiger partial charge in [0.05, 0.1) is 10.4 Å². The highest BCUT2D eigenvalue weighted by Crippen LogP contribution is 2.23. The van der Waals surface area contributed by atoms with E-state index in [4.69, 9.17) is 11.6 Å². The van der Waals surface area contributed by atoms with Gasteiger partial charge in [-0.05, 0) is 54.6 Å². The molecular formula is C23H16ClFN2O4S. The number of pyridine rings is 1. The number of hydrogen-bond donors (Lipinski definition) is 1. The minimum absolute atomic E-state index is 0.0409. The fourth-order valence-electron chi connectivity index (χ4n) is 3.28. The first-order valence-electron chi connectivity index (χ1n) is 9.44. The first-order valence-corrected chi connectivity index (χ1v) is 11.3. The summed E-state index contributed by atoms with van der Waals surface area (Å²) in [6.07, 6.45) is 1.16. The fraction of sp³-hybridized carbons (Fsp3) is 0.0435. The van der Waals surface area contributed by atoms with Gasteiger partial charge in [-0.3, -0.25) is 9.59 Å². The van der Waals surface area contributed by atoms with Crippen molar-refractivity contribution in [1.82, 2.24) is 4.57 Å².